The Hall–Kier alpha value is -2.26. The molecule has 1 fully saturated rings. The van der Waals surface area contributed by atoms with E-state index < -0.39 is 27.4 Å². The third kappa shape index (κ3) is 3.02. The zero-order chi connectivity index (χ0) is 20.5. The van der Waals surface area contributed by atoms with Crippen molar-refractivity contribution in [3.05, 3.63) is 53.6 Å². The van der Waals surface area contributed by atoms with Gasteiger partial charge in [0.1, 0.15) is 23.6 Å². The summed E-state index contributed by atoms with van der Waals surface area (Å²) in [6.45, 7) is 3.81. The largest absolute Gasteiger partial charge is 0.485 e. The Morgan fingerprint density at radius 1 is 1.07 bits per heavy atom. The Bertz CT molecular complexity index is 1030. The third-order valence-corrected chi connectivity index (χ3v) is 6.84. The molecular weight excluding hydrogens is 395 g/mol. The number of benzene rings is 2. The van der Waals surface area contributed by atoms with Crippen molar-refractivity contribution in [2.45, 2.75) is 42.7 Å². The zero-order valence-electron chi connectivity index (χ0n) is 15.3. The molecule has 0 N–H and O–H groups in total. The second kappa shape index (κ2) is 5.87. The third-order valence-electron chi connectivity index (χ3n) is 5.05. The average Bonchev–Trinajstić information content (AvgIpc) is 3.42. The minimum Gasteiger partial charge on any atom is -0.485 e. The van der Waals surface area contributed by atoms with Crippen LogP contribution in [-0.2, 0) is 20.9 Å². The lowest BCUT2D eigenvalue weighted by Crippen LogP contribution is -2.37. The number of nitrogens with zero attached hydrogens (tertiary/aromatic N) is 1. The van der Waals surface area contributed by atoms with Crippen LogP contribution in [0.2, 0.25) is 0 Å². The van der Waals surface area contributed by atoms with Gasteiger partial charge in [0.15, 0.2) is 0 Å². The molecule has 5 nitrogen and oxygen atoms in total. The first-order valence-electron chi connectivity index (χ1n) is 8.56. The summed E-state index contributed by atoms with van der Waals surface area (Å²) in [5, 5.41) is 0. The summed E-state index contributed by atoms with van der Waals surface area (Å²) in [5.74, 6) is 0.569. The van der Waals surface area contributed by atoms with Crippen LogP contribution in [0, 0.1) is 0 Å². The Balaban J connectivity index is 1.65. The second-order valence-electron chi connectivity index (χ2n) is 7.40. The average molecular weight is 413 g/mol. The van der Waals surface area contributed by atoms with Crippen LogP contribution in [0.4, 0.5) is 18.9 Å². The van der Waals surface area contributed by atoms with Gasteiger partial charge in [-0.25, -0.2) is 8.42 Å². The van der Waals surface area contributed by atoms with E-state index in [2.05, 4.69) is 0 Å². The fourth-order valence-electron chi connectivity index (χ4n) is 3.38. The van der Waals surface area contributed by atoms with Gasteiger partial charge >= 0.3 is 6.18 Å². The molecule has 0 saturated carbocycles. The maximum atomic E-state index is 13.0. The summed E-state index contributed by atoms with van der Waals surface area (Å²) >= 11 is 0. The molecule has 1 saturated heterocycles. The molecule has 2 aliphatic heterocycles. The molecule has 0 radical (unpaired) electrons. The Kier molecular flexibility index (Phi) is 4.00. The maximum absolute atomic E-state index is 13.0. The van der Waals surface area contributed by atoms with Gasteiger partial charge in [0.05, 0.1) is 16.1 Å². The molecule has 0 bridgehead atoms. The Morgan fingerprint density at radius 2 is 1.71 bits per heavy atom. The first kappa shape index (κ1) is 19.1. The molecule has 0 aromatic heterocycles. The van der Waals surface area contributed by atoms with Crippen molar-refractivity contribution in [3.8, 4) is 5.75 Å². The second-order valence-corrected chi connectivity index (χ2v) is 9.37. The van der Waals surface area contributed by atoms with Gasteiger partial charge in [-0.3, -0.25) is 4.31 Å². The van der Waals surface area contributed by atoms with Gasteiger partial charge in [0.2, 0.25) is 0 Å². The van der Waals surface area contributed by atoms with Gasteiger partial charge < -0.3 is 9.47 Å². The standard InChI is InChI=1S/C19H18F3NO4S/c1-18(2)17-16(26-17)14-10-13(8-9-15(14)27-18)28(24,25)23(3)12-6-4-11(5-7-12)19(20,21)22/h4-10,16-17H,1-3H3. The number of anilines is 1. The van der Waals surface area contributed by atoms with Crippen molar-refractivity contribution in [2.24, 2.45) is 0 Å². The fraction of sp³-hybridized carbons (Fsp3) is 0.368. The van der Waals surface area contributed by atoms with E-state index in [-0.39, 0.29) is 22.8 Å². The van der Waals surface area contributed by atoms with E-state index in [1.54, 1.807) is 6.07 Å². The molecule has 0 amide bonds. The fourth-order valence-corrected chi connectivity index (χ4v) is 4.61. The first-order valence-corrected chi connectivity index (χ1v) is 10.00. The van der Waals surface area contributed by atoms with Crippen LogP contribution in [0.25, 0.3) is 0 Å². The van der Waals surface area contributed by atoms with E-state index in [0.717, 1.165) is 28.6 Å². The quantitative estimate of drug-likeness (QED) is 0.710. The summed E-state index contributed by atoms with van der Waals surface area (Å²) in [6.07, 6.45) is -4.83. The number of halogens is 3. The van der Waals surface area contributed by atoms with Crippen LogP contribution in [-0.4, -0.2) is 27.2 Å². The van der Waals surface area contributed by atoms with Crippen molar-refractivity contribution >= 4 is 15.7 Å². The van der Waals surface area contributed by atoms with E-state index in [1.807, 2.05) is 13.8 Å². The smallest absolute Gasteiger partial charge is 0.416 e. The van der Waals surface area contributed by atoms with E-state index >= 15 is 0 Å². The lowest BCUT2D eigenvalue weighted by Gasteiger charge is -2.30. The minimum atomic E-state index is -4.48. The van der Waals surface area contributed by atoms with Gasteiger partial charge in [-0.2, -0.15) is 13.2 Å². The number of alkyl halides is 3. The van der Waals surface area contributed by atoms with Gasteiger partial charge in [-0.1, -0.05) is 0 Å². The summed E-state index contributed by atoms with van der Waals surface area (Å²) in [4.78, 5) is 0.0196. The minimum absolute atomic E-state index is 0.0196. The molecule has 9 heteroatoms. The van der Waals surface area contributed by atoms with E-state index in [9.17, 15) is 21.6 Å². The van der Waals surface area contributed by atoms with Crippen molar-refractivity contribution in [2.75, 3.05) is 11.4 Å². The van der Waals surface area contributed by atoms with Crippen LogP contribution in [0.1, 0.15) is 31.1 Å². The molecule has 150 valence electrons. The van der Waals surface area contributed by atoms with Crippen molar-refractivity contribution in [1.29, 1.82) is 0 Å². The number of sulfonamides is 1. The lowest BCUT2D eigenvalue weighted by atomic mass is 9.94. The summed E-state index contributed by atoms with van der Waals surface area (Å²) in [5.41, 5.74) is -0.544. The van der Waals surface area contributed by atoms with Crippen LogP contribution in [0.15, 0.2) is 47.4 Å². The first-order chi connectivity index (χ1) is 12.9. The van der Waals surface area contributed by atoms with Crippen molar-refractivity contribution < 1.29 is 31.1 Å². The predicted molar refractivity (Wildman–Crippen MR) is 95.8 cm³/mol. The molecule has 2 aromatic rings. The number of hydrogen-bond donors (Lipinski definition) is 0. The number of ether oxygens (including phenoxy) is 2. The molecule has 2 unspecified atom stereocenters. The van der Waals surface area contributed by atoms with E-state index in [0.29, 0.717) is 11.3 Å². The molecule has 2 aliphatic rings. The topological polar surface area (TPSA) is 59.1 Å². The number of epoxide rings is 1. The molecule has 2 atom stereocenters. The van der Waals surface area contributed by atoms with Gasteiger partial charge in [0.25, 0.3) is 10.0 Å². The van der Waals surface area contributed by atoms with Gasteiger partial charge in [-0.05, 0) is 56.3 Å². The number of fused-ring (bicyclic) bond motifs is 3. The molecule has 28 heavy (non-hydrogen) atoms. The van der Waals surface area contributed by atoms with E-state index in [1.165, 1.54) is 19.2 Å². The van der Waals surface area contributed by atoms with Crippen LogP contribution >= 0.6 is 0 Å². The molecule has 4 rings (SSSR count). The Morgan fingerprint density at radius 3 is 2.32 bits per heavy atom. The maximum Gasteiger partial charge on any atom is 0.416 e. The highest BCUT2D eigenvalue weighted by atomic mass is 32.2. The Labute approximate surface area is 160 Å². The SMILES string of the molecule is CN(c1ccc(C(F)(F)F)cc1)S(=O)(=O)c1ccc2c(c1)C1OC1C(C)(C)O2. The summed E-state index contributed by atoms with van der Waals surface area (Å²) in [6, 6.07) is 8.48. The van der Waals surface area contributed by atoms with Crippen molar-refractivity contribution in [1.82, 2.24) is 0 Å². The number of rotatable bonds is 3. The molecular formula is C19H18F3NO4S. The summed E-state index contributed by atoms with van der Waals surface area (Å²) in [7, 11) is -2.67. The van der Waals surface area contributed by atoms with Crippen LogP contribution in [0.3, 0.4) is 0 Å². The molecule has 2 aromatic carbocycles. The zero-order valence-corrected chi connectivity index (χ0v) is 16.1. The predicted octanol–water partition coefficient (Wildman–Crippen LogP) is 4.14. The highest BCUT2D eigenvalue weighted by Gasteiger charge is 2.56. The van der Waals surface area contributed by atoms with Crippen molar-refractivity contribution in [3.63, 3.8) is 0 Å². The lowest BCUT2D eigenvalue weighted by molar-refractivity contribution is -0.137. The normalized spacial score (nSPS) is 22.6. The van der Waals surface area contributed by atoms with Crippen LogP contribution in [0.5, 0.6) is 5.75 Å². The van der Waals surface area contributed by atoms with Gasteiger partial charge in [-0.15, -0.1) is 0 Å². The number of hydrogen-bond acceptors (Lipinski definition) is 4. The molecule has 2 heterocycles. The molecule has 0 aliphatic carbocycles. The monoisotopic (exact) mass is 413 g/mol. The summed E-state index contributed by atoms with van der Waals surface area (Å²) < 4.78 is 76.6. The highest BCUT2D eigenvalue weighted by molar-refractivity contribution is 7.92. The van der Waals surface area contributed by atoms with Gasteiger partial charge in [0, 0.05) is 12.6 Å². The van der Waals surface area contributed by atoms with E-state index in [4.69, 9.17) is 9.47 Å². The highest BCUT2D eigenvalue weighted by Crippen LogP contribution is 2.54. The van der Waals surface area contributed by atoms with Crippen LogP contribution < -0.4 is 9.04 Å². The molecule has 0 spiro atoms.